The SMILES string of the molecule is COc1cccc(O[C@@H]2COc3ccc(OCc4ccc5cc(F)ccc5n4)cc3[C@@H]2OC(=O)CN(C)C)c1. The molecule has 0 radical (unpaired) electrons. The lowest BCUT2D eigenvalue weighted by atomic mass is 10.00. The largest absolute Gasteiger partial charge is 0.497 e. The topological polar surface area (TPSA) is 79.4 Å². The summed E-state index contributed by atoms with van der Waals surface area (Å²) in [6, 6.07) is 20.7. The van der Waals surface area contributed by atoms with Crippen LogP contribution in [0.2, 0.25) is 0 Å². The molecule has 39 heavy (non-hydrogen) atoms. The summed E-state index contributed by atoms with van der Waals surface area (Å²) in [6.07, 6.45) is -1.34. The molecule has 1 aliphatic rings. The fraction of sp³-hybridized carbons (Fsp3) is 0.267. The van der Waals surface area contributed by atoms with E-state index < -0.39 is 12.2 Å². The van der Waals surface area contributed by atoms with Crippen molar-refractivity contribution in [3.05, 3.63) is 89.9 Å². The Labute approximate surface area is 225 Å². The molecule has 2 heterocycles. The van der Waals surface area contributed by atoms with Gasteiger partial charge in [0.1, 0.15) is 42.0 Å². The van der Waals surface area contributed by atoms with E-state index >= 15 is 0 Å². The normalized spacial score (nSPS) is 16.3. The van der Waals surface area contributed by atoms with Gasteiger partial charge in [-0.25, -0.2) is 9.37 Å². The Kier molecular flexibility index (Phi) is 7.79. The molecule has 0 unspecified atom stereocenters. The maximum Gasteiger partial charge on any atom is 0.320 e. The Balaban J connectivity index is 1.38. The van der Waals surface area contributed by atoms with Gasteiger partial charge < -0.3 is 23.7 Å². The first-order chi connectivity index (χ1) is 18.9. The zero-order valence-electron chi connectivity index (χ0n) is 21.9. The maximum absolute atomic E-state index is 13.5. The molecule has 0 amide bonds. The lowest BCUT2D eigenvalue weighted by Gasteiger charge is -2.33. The molecule has 0 bridgehead atoms. The van der Waals surface area contributed by atoms with Crippen molar-refractivity contribution >= 4 is 16.9 Å². The molecular weight excluding hydrogens is 503 g/mol. The molecule has 2 atom stereocenters. The number of ether oxygens (including phenoxy) is 5. The molecule has 0 spiro atoms. The zero-order valence-corrected chi connectivity index (χ0v) is 21.9. The molecule has 5 rings (SSSR count). The summed E-state index contributed by atoms with van der Waals surface area (Å²) in [4.78, 5) is 19.0. The number of hydrogen-bond acceptors (Lipinski definition) is 8. The average Bonchev–Trinajstić information content (AvgIpc) is 2.92. The monoisotopic (exact) mass is 532 g/mol. The number of rotatable bonds is 9. The number of carbonyl (C=O) groups excluding carboxylic acids is 1. The second-order valence-electron chi connectivity index (χ2n) is 9.42. The fourth-order valence-corrected chi connectivity index (χ4v) is 4.33. The third-order valence-electron chi connectivity index (χ3n) is 6.16. The van der Waals surface area contributed by atoms with E-state index in [-0.39, 0.29) is 31.5 Å². The minimum Gasteiger partial charge on any atom is -0.497 e. The van der Waals surface area contributed by atoms with Crippen LogP contribution in [0, 0.1) is 5.82 Å². The van der Waals surface area contributed by atoms with Crippen LogP contribution < -0.4 is 18.9 Å². The van der Waals surface area contributed by atoms with Crippen molar-refractivity contribution in [2.24, 2.45) is 0 Å². The highest BCUT2D eigenvalue weighted by Gasteiger charge is 2.36. The minimum absolute atomic E-state index is 0.117. The van der Waals surface area contributed by atoms with Crippen molar-refractivity contribution in [1.82, 2.24) is 9.88 Å². The first-order valence-corrected chi connectivity index (χ1v) is 12.5. The Morgan fingerprint density at radius 1 is 1.03 bits per heavy atom. The highest BCUT2D eigenvalue weighted by Crippen LogP contribution is 2.39. The summed E-state index contributed by atoms with van der Waals surface area (Å²) in [6.45, 7) is 0.500. The number of aromatic nitrogens is 1. The van der Waals surface area contributed by atoms with Gasteiger partial charge in [-0.2, -0.15) is 0 Å². The Hall–Kier alpha value is -4.37. The molecule has 8 nitrogen and oxygen atoms in total. The molecule has 0 saturated heterocycles. The molecule has 0 fully saturated rings. The molecule has 1 aromatic heterocycles. The number of esters is 1. The molecule has 202 valence electrons. The van der Waals surface area contributed by atoms with Crippen molar-refractivity contribution < 1.29 is 32.9 Å². The van der Waals surface area contributed by atoms with Crippen LogP contribution in [0.1, 0.15) is 17.4 Å². The van der Waals surface area contributed by atoms with E-state index in [1.165, 1.54) is 12.1 Å². The smallest absolute Gasteiger partial charge is 0.320 e. The van der Waals surface area contributed by atoms with Crippen molar-refractivity contribution in [3.63, 3.8) is 0 Å². The highest BCUT2D eigenvalue weighted by atomic mass is 19.1. The lowest BCUT2D eigenvalue weighted by Crippen LogP contribution is -2.39. The number of halogens is 1. The van der Waals surface area contributed by atoms with Gasteiger partial charge in [-0.1, -0.05) is 12.1 Å². The lowest BCUT2D eigenvalue weighted by molar-refractivity contribution is -0.157. The van der Waals surface area contributed by atoms with Crippen LogP contribution in [0.15, 0.2) is 72.8 Å². The van der Waals surface area contributed by atoms with Crippen molar-refractivity contribution in [2.45, 2.75) is 18.8 Å². The van der Waals surface area contributed by atoms with Crippen LogP contribution in [-0.4, -0.2) is 56.3 Å². The van der Waals surface area contributed by atoms with Crippen LogP contribution >= 0.6 is 0 Å². The predicted molar refractivity (Wildman–Crippen MR) is 143 cm³/mol. The zero-order chi connectivity index (χ0) is 27.4. The van der Waals surface area contributed by atoms with Gasteiger partial charge in [0.05, 0.1) is 24.9 Å². The van der Waals surface area contributed by atoms with E-state index in [9.17, 15) is 9.18 Å². The summed E-state index contributed by atoms with van der Waals surface area (Å²) in [5.41, 5.74) is 2.01. The van der Waals surface area contributed by atoms with Crippen LogP contribution in [0.25, 0.3) is 10.9 Å². The summed E-state index contributed by atoms with van der Waals surface area (Å²) < 4.78 is 43.0. The van der Waals surface area contributed by atoms with Gasteiger partial charge in [-0.15, -0.1) is 0 Å². The van der Waals surface area contributed by atoms with Gasteiger partial charge in [-0.05, 0) is 68.7 Å². The number of hydrogen-bond donors (Lipinski definition) is 0. The molecule has 9 heteroatoms. The van der Waals surface area contributed by atoms with Gasteiger partial charge in [0.25, 0.3) is 0 Å². The van der Waals surface area contributed by atoms with Crippen molar-refractivity contribution in [2.75, 3.05) is 34.4 Å². The van der Waals surface area contributed by atoms with Gasteiger partial charge >= 0.3 is 5.97 Å². The summed E-state index contributed by atoms with van der Waals surface area (Å²) in [5, 5.41) is 0.717. The third kappa shape index (κ3) is 6.38. The first kappa shape index (κ1) is 26.2. The molecule has 0 aliphatic carbocycles. The van der Waals surface area contributed by atoms with Crippen molar-refractivity contribution in [1.29, 1.82) is 0 Å². The van der Waals surface area contributed by atoms with E-state index in [2.05, 4.69) is 4.98 Å². The molecule has 0 saturated carbocycles. The summed E-state index contributed by atoms with van der Waals surface area (Å²) >= 11 is 0. The molecule has 3 aromatic carbocycles. The number of likely N-dealkylation sites (N-methyl/N-ethyl adjacent to an activating group) is 1. The van der Waals surface area contributed by atoms with Gasteiger partial charge in [0.15, 0.2) is 12.2 Å². The number of benzene rings is 3. The first-order valence-electron chi connectivity index (χ1n) is 12.5. The molecule has 4 aromatic rings. The fourth-order valence-electron chi connectivity index (χ4n) is 4.33. The highest BCUT2D eigenvalue weighted by molar-refractivity contribution is 5.78. The van der Waals surface area contributed by atoms with Crippen LogP contribution in [0.4, 0.5) is 4.39 Å². The van der Waals surface area contributed by atoms with E-state index in [0.717, 1.165) is 0 Å². The molecular formula is C30H29FN2O6. The number of carbonyl (C=O) groups is 1. The van der Waals surface area contributed by atoms with E-state index in [0.29, 0.717) is 45.2 Å². The van der Waals surface area contributed by atoms with Crippen LogP contribution in [0.3, 0.4) is 0 Å². The average molecular weight is 533 g/mol. The Morgan fingerprint density at radius 3 is 2.69 bits per heavy atom. The second-order valence-corrected chi connectivity index (χ2v) is 9.42. The Bertz CT molecular complexity index is 1480. The number of methoxy groups -OCH3 is 1. The number of fused-ring (bicyclic) bond motifs is 2. The maximum atomic E-state index is 13.5. The molecule has 0 N–H and O–H groups in total. The predicted octanol–water partition coefficient (Wildman–Crippen LogP) is 4.95. The molecule has 1 aliphatic heterocycles. The van der Waals surface area contributed by atoms with Gasteiger partial charge in [-0.3, -0.25) is 9.69 Å². The number of pyridine rings is 1. The van der Waals surface area contributed by atoms with Crippen molar-refractivity contribution in [3.8, 4) is 23.0 Å². The second kappa shape index (κ2) is 11.6. The van der Waals surface area contributed by atoms with E-state index in [4.69, 9.17) is 23.7 Å². The van der Waals surface area contributed by atoms with Gasteiger partial charge in [0.2, 0.25) is 0 Å². The standard InChI is InChI=1S/C30H29FN2O6/c1-33(2)16-29(34)39-30-25-15-23(36-17-21-9-7-19-13-20(31)8-11-26(19)32-21)10-12-27(25)37-18-28(30)38-24-6-4-5-22(14-24)35-3/h4-15,28,30H,16-18H2,1-3H3/t28-,30+/m1/s1. The summed E-state index contributed by atoms with van der Waals surface area (Å²) in [7, 11) is 5.18. The quantitative estimate of drug-likeness (QED) is 0.280. The van der Waals surface area contributed by atoms with Crippen LogP contribution in [-0.2, 0) is 16.1 Å². The summed E-state index contributed by atoms with van der Waals surface area (Å²) in [5.74, 6) is 1.65. The van der Waals surface area contributed by atoms with Crippen LogP contribution in [0.5, 0.6) is 23.0 Å². The number of nitrogens with zero attached hydrogens (tertiary/aromatic N) is 2. The third-order valence-corrected chi connectivity index (χ3v) is 6.16. The van der Waals surface area contributed by atoms with E-state index in [1.807, 2.05) is 18.2 Å². The minimum atomic E-state index is -0.732. The van der Waals surface area contributed by atoms with E-state index in [1.54, 1.807) is 68.6 Å². The Morgan fingerprint density at radius 2 is 1.87 bits per heavy atom. The van der Waals surface area contributed by atoms with Gasteiger partial charge in [0, 0.05) is 17.0 Å².